The molecule has 0 radical (unpaired) electrons. The Morgan fingerprint density at radius 3 is 2.52 bits per heavy atom. The number of hydrogen-bond donors (Lipinski definition) is 1. The molecule has 5 nitrogen and oxygen atoms in total. The molecule has 0 aromatic carbocycles. The first-order valence-electron chi connectivity index (χ1n) is 7.84. The van der Waals surface area contributed by atoms with Crippen molar-refractivity contribution in [2.24, 2.45) is 5.41 Å². The van der Waals surface area contributed by atoms with Gasteiger partial charge in [0.05, 0.1) is 0 Å². The van der Waals surface area contributed by atoms with Gasteiger partial charge in [-0.05, 0) is 45.4 Å². The number of amides is 2. The van der Waals surface area contributed by atoms with E-state index in [4.69, 9.17) is 4.74 Å². The van der Waals surface area contributed by atoms with Gasteiger partial charge in [-0.15, -0.1) is 0 Å². The third-order valence-corrected chi connectivity index (χ3v) is 3.49. The number of carbonyl (C=O) groups excluding carboxylic acids is 2. The third-order valence-electron chi connectivity index (χ3n) is 3.49. The predicted octanol–water partition coefficient (Wildman–Crippen LogP) is 2.94. The maximum absolute atomic E-state index is 12.1. The van der Waals surface area contributed by atoms with Gasteiger partial charge in [0.15, 0.2) is 0 Å². The molecule has 21 heavy (non-hydrogen) atoms. The summed E-state index contributed by atoms with van der Waals surface area (Å²) >= 11 is 0. The molecule has 0 aromatic heterocycles. The van der Waals surface area contributed by atoms with Crippen molar-refractivity contribution in [2.45, 2.75) is 65.9 Å². The van der Waals surface area contributed by atoms with Gasteiger partial charge >= 0.3 is 6.09 Å². The first kappa shape index (κ1) is 17.8. The molecule has 0 atom stereocenters. The van der Waals surface area contributed by atoms with E-state index in [1.807, 2.05) is 25.7 Å². The lowest BCUT2D eigenvalue weighted by Crippen LogP contribution is -2.43. The van der Waals surface area contributed by atoms with Gasteiger partial charge in [-0.3, -0.25) is 4.79 Å². The zero-order valence-electron chi connectivity index (χ0n) is 14.1. The van der Waals surface area contributed by atoms with Gasteiger partial charge in [0, 0.05) is 26.1 Å². The van der Waals surface area contributed by atoms with Gasteiger partial charge in [-0.1, -0.05) is 13.8 Å². The maximum atomic E-state index is 12.1. The quantitative estimate of drug-likeness (QED) is 0.812. The average Bonchev–Trinajstić information content (AvgIpc) is 2.31. The Kier molecular flexibility index (Phi) is 6.05. The zero-order valence-corrected chi connectivity index (χ0v) is 14.1. The van der Waals surface area contributed by atoms with Crippen molar-refractivity contribution in [3.63, 3.8) is 0 Å². The number of piperidine rings is 1. The minimum absolute atomic E-state index is 0.189. The second kappa shape index (κ2) is 7.14. The number of nitrogens with one attached hydrogen (secondary N) is 1. The van der Waals surface area contributed by atoms with Crippen LogP contribution in [0.1, 0.15) is 60.3 Å². The number of ether oxygens (including phenoxy) is 1. The van der Waals surface area contributed by atoms with Gasteiger partial charge in [-0.25, -0.2) is 4.79 Å². The van der Waals surface area contributed by atoms with Crippen LogP contribution in [0, 0.1) is 5.41 Å². The van der Waals surface area contributed by atoms with Crippen LogP contribution in [-0.4, -0.2) is 42.1 Å². The summed E-state index contributed by atoms with van der Waals surface area (Å²) in [5.74, 6) is 0.189. The predicted molar refractivity (Wildman–Crippen MR) is 83.1 cm³/mol. The van der Waals surface area contributed by atoms with Gasteiger partial charge < -0.3 is 15.0 Å². The van der Waals surface area contributed by atoms with Gasteiger partial charge in [-0.2, -0.15) is 0 Å². The van der Waals surface area contributed by atoms with Crippen molar-refractivity contribution in [1.82, 2.24) is 10.2 Å². The molecule has 0 bridgehead atoms. The molecular formula is C16H30N2O3. The highest BCUT2D eigenvalue weighted by Gasteiger charge is 2.28. The fourth-order valence-electron chi connectivity index (χ4n) is 2.54. The molecule has 1 saturated heterocycles. The molecule has 1 rings (SSSR count). The minimum atomic E-state index is -0.487. The molecule has 1 N–H and O–H groups in total. The van der Waals surface area contributed by atoms with Crippen molar-refractivity contribution in [2.75, 3.05) is 19.6 Å². The summed E-state index contributed by atoms with van der Waals surface area (Å²) < 4.78 is 5.14. The summed E-state index contributed by atoms with van der Waals surface area (Å²) in [7, 11) is 0. The zero-order chi connectivity index (χ0) is 16.1. The van der Waals surface area contributed by atoms with Gasteiger partial charge in [0.1, 0.15) is 5.60 Å². The molecule has 1 fully saturated rings. The second-order valence-corrected chi connectivity index (χ2v) is 7.62. The molecule has 0 unspecified atom stereocenters. The van der Waals surface area contributed by atoms with Gasteiger partial charge in [0.25, 0.3) is 0 Å². The summed E-state index contributed by atoms with van der Waals surface area (Å²) in [5.41, 5.74) is -0.262. The summed E-state index contributed by atoms with van der Waals surface area (Å²) in [6.45, 7) is 12.1. The molecule has 1 aliphatic heterocycles. The summed E-state index contributed by atoms with van der Waals surface area (Å²) in [5, 5.41) is 2.68. The Labute approximate surface area is 128 Å². The Morgan fingerprint density at radius 2 is 1.95 bits per heavy atom. The van der Waals surface area contributed by atoms with E-state index in [2.05, 4.69) is 19.2 Å². The van der Waals surface area contributed by atoms with Crippen molar-refractivity contribution in [3.05, 3.63) is 0 Å². The van der Waals surface area contributed by atoms with Crippen LogP contribution in [0.2, 0.25) is 0 Å². The number of nitrogens with zero attached hydrogens (tertiary/aromatic N) is 1. The van der Waals surface area contributed by atoms with E-state index in [1.165, 1.54) is 6.42 Å². The fraction of sp³-hybridized carbons (Fsp3) is 0.875. The molecule has 122 valence electrons. The van der Waals surface area contributed by atoms with Crippen LogP contribution in [-0.2, 0) is 9.53 Å². The SMILES string of the molecule is CC1(C)CCCN(C(=O)CCCNC(=O)OC(C)(C)C)C1. The molecule has 0 aliphatic carbocycles. The van der Waals surface area contributed by atoms with E-state index < -0.39 is 11.7 Å². The number of alkyl carbamates (subject to hydrolysis) is 1. The molecule has 0 aromatic rings. The first-order valence-corrected chi connectivity index (χ1v) is 7.84. The van der Waals surface area contributed by atoms with Crippen molar-refractivity contribution in [3.8, 4) is 0 Å². The lowest BCUT2D eigenvalue weighted by Gasteiger charge is -2.38. The van der Waals surface area contributed by atoms with E-state index in [0.29, 0.717) is 19.4 Å². The smallest absolute Gasteiger partial charge is 0.407 e. The molecule has 0 saturated carbocycles. The number of rotatable bonds is 4. The normalized spacial score (nSPS) is 18.2. The van der Waals surface area contributed by atoms with Crippen LogP contribution in [0.3, 0.4) is 0 Å². The number of carbonyl (C=O) groups is 2. The van der Waals surface area contributed by atoms with Crippen LogP contribution in [0.5, 0.6) is 0 Å². The summed E-state index contributed by atoms with van der Waals surface area (Å²) in [6, 6.07) is 0. The highest BCUT2D eigenvalue weighted by atomic mass is 16.6. The minimum Gasteiger partial charge on any atom is -0.444 e. The van der Waals surface area contributed by atoms with Gasteiger partial charge in [0.2, 0.25) is 5.91 Å². The van der Waals surface area contributed by atoms with Crippen molar-refractivity contribution in [1.29, 1.82) is 0 Å². The lowest BCUT2D eigenvalue weighted by molar-refractivity contribution is -0.134. The van der Waals surface area contributed by atoms with E-state index in [0.717, 1.165) is 19.5 Å². The molecule has 1 heterocycles. The summed E-state index contributed by atoms with van der Waals surface area (Å²) in [6.07, 6.45) is 2.96. The molecule has 2 amide bonds. The Bertz CT molecular complexity index is 372. The highest BCUT2D eigenvalue weighted by Crippen LogP contribution is 2.28. The van der Waals surface area contributed by atoms with Crippen LogP contribution < -0.4 is 5.32 Å². The largest absolute Gasteiger partial charge is 0.444 e. The number of likely N-dealkylation sites (tertiary alicyclic amines) is 1. The van der Waals surface area contributed by atoms with E-state index >= 15 is 0 Å². The van der Waals surface area contributed by atoms with Crippen LogP contribution in [0.25, 0.3) is 0 Å². The Morgan fingerprint density at radius 1 is 1.29 bits per heavy atom. The van der Waals surface area contributed by atoms with Crippen molar-refractivity contribution < 1.29 is 14.3 Å². The molecule has 5 heteroatoms. The standard InChI is InChI=1S/C16H30N2O3/c1-15(2,3)21-14(20)17-10-6-8-13(19)18-11-7-9-16(4,5)12-18/h6-12H2,1-5H3,(H,17,20). The summed E-state index contributed by atoms with van der Waals surface area (Å²) in [4.78, 5) is 25.6. The Hall–Kier alpha value is -1.26. The topological polar surface area (TPSA) is 58.6 Å². The first-order chi connectivity index (χ1) is 9.59. The van der Waals surface area contributed by atoms with Crippen molar-refractivity contribution >= 4 is 12.0 Å². The molecule has 0 spiro atoms. The Balaban J connectivity index is 2.20. The van der Waals surface area contributed by atoms with Crippen LogP contribution >= 0.6 is 0 Å². The lowest BCUT2D eigenvalue weighted by atomic mass is 9.84. The monoisotopic (exact) mass is 298 g/mol. The van der Waals surface area contributed by atoms with E-state index in [9.17, 15) is 9.59 Å². The maximum Gasteiger partial charge on any atom is 0.407 e. The van der Waals surface area contributed by atoms with Crippen LogP contribution in [0.4, 0.5) is 4.79 Å². The molecular weight excluding hydrogens is 268 g/mol. The third kappa shape index (κ3) is 7.34. The fourth-order valence-corrected chi connectivity index (χ4v) is 2.54. The molecule has 1 aliphatic rings. The van der Waals surface area contributed by atoms with E-state index in [1.54, 1.807) is 0 Å². The average molecular weight is 298 g/mol. The number of hydrogen-bond acceptors (Lipinski definition) is 3. The van der Waals surface area contributed by atoms with Crippen LogP contribution in [0.15, 0.2) is 0 Å². The van der Waals surface area contributed by atoms with E-state index in [-0.39, 0.29) is 11.3 Å². The second-order valence-electron chi connectivity index (χ2n) is 7.62. The highest BCUT2D eigenvalue weighted by molar-refractivity contribution is 5.76.